The van der Waals surface area contributed by atoms with Crippen LogP contribution in [0, 0.1) is 13.3 Å². The molecule has 1 N–H and O–H groups in total. The van der Waals surface area contributed by atoms with Gasteiger partial charge in [0.1, 0.15) is 0 Å². The summed E-state index contributed by atoms with van der Waals surface area (Å²) in [6.07, 6.45) is 2.70. The van der Waals surface area contributed by atoms with Crippen molar-refractivity contribution in [2.24, 2.45) is 0 Å². The molecule has 0 aliphatic carbocycles. The molecule has 0 saturated heterocycles. The van der Waals surface area contributed by atoms with Gasteiger partial charge in [0.05, 0.1) is 11.0 Å². The Hall–Kier alpha value is -1.31. The van der Waals surface area contributed by atoms with E-state index in [2.05, 4.69) is 16.3 Å². The van der Waals surface area contributed by atoms with Gasteiger partial charge in [0, 0.05) is 0 Å². The van der Waals surface area contributed by atoms with E-state index in [1.54, 1.807) is 0 Å². The van der Waals surface area contributed by atoms with E-state index in [-0.39, 0.29) is 0 Å². The highest BCUT2D eigenvalue weighted by Crippen LogP contribution is 2.11. The van der Waals surface area contributed by atoms with Crippen LogP contribution in [0.25, 0.3) is 11.0 Å². The number of imidazole rings is 1. The monoisotopic (exact) mass is 131 g/mol. The molecule has 0 amide bonds. The third-order valence-electron chi connectivity index (χ3n) is 1.61. The van der Waals surface area contributed by atoms with E-state index in [0.717, 1.165) is 11.0 Å². The van der Waals surface area contributed by atoms with Crippen molar-refractivity contribution in [2.45, 2.75) is 6.92 Å². The summed E-state index contributed by atoms with van der Waals surface area (Å²) in [6.45, 7) is 2.05. The fourth-order valence-electron chi connectivity index (χ4n) is 1.05. The van der Waals surface area contributed by atoms with Crippen LogP contribution in [0.2, 0.25) is 0 Å². The van der Waals surface area contributed by atoms with E-state index in [1.807, 2.05) is 25.1 Å². The molecule has 0 aliphatic rings. The summed E-state index contributed by atoms with van der Waals surface area (Å²) in [5.41, 5.74) is 3.29. The predicted molar refractivity (Wildman–Crippen MR) is 39.7 cm³/mol. The second kappa shape index (κ2) is 1.84. The lowest BCUT2D eigenvalue weighted by molar-refractivity contribution is 1.31. The van der Waals surface area contributed by atoms with Gasteiger partial charge in [0.15, 0.2) is 6.33 Å². The number of fused-ring (bicyclic) bond motifs is 1. The molecule has 0 fully saturated rings. The smallest absolute Gasteiger partial charge is 0.174 e. The van der Waals surface area contributed by atoms with Crippen molar-refractivity contribution in [3.05, 3.63) is 30.1 Å². The number of nitrogens with one attached hydrogen (secondary N) is 1. The minimum absolute atomic E-state index is 0.986. The normalized spacial score (nSPS) is 10.5. The van der Waals surface area contributed by atoms with Crippen LogP contribution in [0.5, 0.6) is 0 Å². The Kier molecular flexibility index (Phi) is 1.01. The van der Waals surface area contributed by atoms with Crippen molar-refractivity contribution >= 4 is 11.0 Å². The maximum atomic E-state index is 4.00. The van der Waals surface area contributed by atoms with Gasteiger partial charge in [-0.2, -0.15) is 0 Å². The Morgan fingerprint density at radius 3 is 3.20 bits per heavy atom. The van der Waals surface area contributed by atoms with Crippen LogP contribution in [-0.4, -0.2) is 9.97 Å². The number of nitrogens with zero attached hydrogens (tertiary/aromatic N) is 1. The first-order valence-electron chi connectivity index (χ1n) is 3.19. The number of H-pyrrole nitrogens is 1. The number of hydrogen-bond acceptors (Lipinski definition) is 1. The highest BCUT2D eigenvalue weighted by atomic mass is 14.9. The molecule has 10 heavy (non-hydrogen) atoms. The van der Waals surface area contributed by atoms with Crippen molar-refractivity contribution in [3.63, 3.8) is 0 Å². The Balaban J connectivity index is 2.95. The summed E-state index contributed by atoms with van der Waals surface area (Å²) in [5, 5.41) is 0. The van der Waals surface area contributed by atoms with Gasteiger partial charge >= 0.3 is 0 Å². The molecule has 0 spiro atoms. The SMILES string of the molecule is Cc1cccc2n[c][nH]c12. The molecule has 2 heteroatoms. The number of aryl methyl sites for hydroxylation is 1. The molecular formula is C8H7N2. The molecule has 1 heterocycles. The Morgan fingerprint density at radius 1 is 1.50 bits per heavy atom. The van der Waals surface area contributed by atoms with Crippen molar-refractivity contribution < 1.29 is 0 Å². The fourth-order valence-corrected chi connectivity index (χ4v) is 1.05. The minimum atomic E-state index is 0.986. The summed E-state index contributed by atoms with van der Waals surface area (Å²) in [4.78, 5) is 6.95. The minimum Gasteiger partial charge on any atom is -0.335 e. The van der Waals surface area contributed by atoms with Gasteiger partial charge in [-0.1, -0.05) is 12.1 Å². The third kappa shape index (κ3) is 0.620. The fraction of sp³-hybridized carbons (Fsp3) is 0.125. The first kappa shape index (κ1) is 5.47. The zero-order valence-electron chi connectivity index (χ0n) is 5.68. The number of hydrogen-bond donors (Lipinski definition) is 1. The standard InChI is InChI=1S/C8H7N2/c1-6-3-2-4-7-8(6)10-5-9-7/h2-4H,1H3,(H,9,10). The zero-order valence-corrected chi connectivity index (χ0v) is 5.68. The molecule has 1 aromatic heterocycles. The van der Waals surface area contributed by atoms with Gasteiger partial charge < -0.3 is 4.98 Å². The van der Waals surface area contributed by atoms with Gasteiger partial charge in [0.25, 0.3) is 0 Å². The molecule has 0 aliphatic heterocycles. The number of para-hydroxylation sites is 1. The van der Waals surface area contributed by atoms with E-state index >= 15 is 0 Å². The van der Waals surface area contributed by atoms with Gasteiger partial charge in [-0.25, -0.2) is 4.98 Å². The first-order chi connectivity index (χ1) is 4.88. The molecule has 1 aromatic carbocycles. The molecular weight excluding hydrogens is 124 g/mol. The Bertz CT molecular complexity index is 349. The summed E-state index contributed by atoms with van der Waals surface area (Å²) in [6, 6.07) is 6.01. The zero-order chi connectivity index (χ0) is 6.97. The lowest BCUT2D eigenvalue weighted by atomic mass is 10.2. The molecule has 2 rings (SSSR count). The second-order valence-corrected chi connectivity index (χ2v) is 2.32. The van der Waals surface area contributed by atoms with Crippen LogP contribution in [0.3, 0.4) is 0 Å². The summed E-state index contributed by atoms with van der Waals surface area (Å²) in [5.74, 6) is 0. The van der Waals surface area contributed by atoms with Crippen LogP contribution in [0.15, 0.2) is 18.2 Å². The van der Waals surface area contributed by atoms with Crippen LogP contribution in [0.1, 0.15) is 5.56 Å². The van der Waals surface area contributed by atoms with Gasteiger partial charge in [-0.05, 0) is 18.6 Å². The number of rotatable bonds is 0. The lowest BCUT2D eigenvalue weighted by Crippen LogP contribution is -1.73. The second-order valence-electron chi connectivity index (χ2n) is 2.32. The highest BCUT2D eigenvalue weighted by Gasteiger charge is 1.95. The number of benzene rings is 1. The topological polar surface area (TPSA) is 28.7 Å². The summed E-state index contributed by atoms with van der Waals surface area (Å²) in [7, 11) is 0. The first-order valence-corrected chi connectivity index (χ1v) is 3.19. The van der Waals surface area contributed by atoms with Crippen LogP contribution >= 0.6 is 0 Å². The van der Waals surface area contributed by atoms with E-state index < -0.39 is 0 Å². The largest absolute Gasteiger partial charge is 0.335 e. The van der Waals surface area contributed by atoms with Crippen LogP contribution < -0.4 is 0 Å². The van der Waals surface area contributed by atoms with Crippen molar-refractivity contribution in [1.29, 1.82) is 0 Å². The predicted octanol–water partition coefficient (Wildman–Crippen LogP) is 1.67. The van der Waals surface area contributed by atoms with E-state index in [1.165, 1.54) is 5.56 Å². The summed E-state index contributed by atoms with van der Waals surface area (Å²) >= 11 is 0. The van der Waals surface area contributed by atoms with Gasteiger partial charge in [-0.15, -0.1) is 0 Å². The highest BCUT2D eigenvalue weighted by molar-refractivity contribution is 5.77. The van der Waals surface area contributed by atoms with E-state index in [0.29, 0.717) is 0 Å². The number of aromatic amines is 1. The van der Waals surface area contributed by atoms with E-state index in [4.69, 9.17) is 0 Å². The average molecular weight is 131 g/mol. The maximum Gasteiger partial charge on any atom is 0.174 e. The van der Waals surface area contributed by atoms with Gasteiger partial charge in [0.2, 0.25) is 0 Å². The average Bonchev–Trinajstić information content (AvgIpc) is 2.36. The maximum absolute atomic E-state index is 4.00. The van der Waals surface area contributed by atoms with Crippen LogP contribution in [0.4, 0.5) is 0 Å². The molecule has 1 radical (unpaired) electrons. The molecule has 2 aromatic rings. The van der Waals surface area contributed by atoms with E-state index in [9.17, 15) is 0 Å². The Morgan fingerprint density at radius 2 is 2.40 bits per heavy atom. The molecule has 2 nitrogen and oxygen atoms in total. The molecule has 49 valence electrons. The lowest BCUT2D eigenvalue weighted by Gasteiger charge is -1.90. The van der Waals surface area contributed by atoms with Crippen LogP contribution in [-0.2, 0) is 0 Å². The molecule has 0 saturated carbocycles. The van der Waals surface area contributed by atoms with Crippen molar-refractivity contribution in [2.75, 3.05) is 0 Å². The van der Waals surface area contributed by atoms with Crippen molar-refractivity contribution in [1.82, 2.24) is 9.97 Å². The van der Waals surface area contributed by atoms with Gasteiger partial charge in [-0.3, -0.25) is 0 Å². The summed E-state index contributed by atoms with van der Waals surface area (Å²) < 4.78 is 0. The van der Waals surface area contributed by atoms with Crippen molar-refractivity contribution in [3.8, 4) is 0 Å². The third-order valence-corrected chi connectivity index (χ3v) is 1.61. The quantitative estimate of drug-likeness (QED) is 0.578. The molecule has 0 bridgehead atoms. The molecule has 0 unspecified atom stereocenters. The molecule has 0 atom stereocenters. The Labute approximate surface area is 58.9 Å². The number of aromatic nitrogens is 2.